The van der Waals surface area contributed by atoms with E-state index in [2.05, 4.69) is 5.32 Å². The molecular weight excluding hydrogens is 296 g/mol. The molecule has 1 aromatic rings. The van der Waals surface area contributed by atoms with Crippen LogP contribution in [0.2, 0.25) is 5.02 Å². The Balaban J connectivity index is 2.53. The van der Waals surface area contributed by atoms with Crippen molar-refractivity contribution in [2.45, 2.75) is 13.3 Å². The summed E-state index contributed by atoms with van der Waals surface area (Å²) in [6.45, 7) is 2.05. The van der Waals surface area contributed by atoms with Gasteiger partial charge in [-0.05, 0) is 19.1 Å². The van der Waals surface area contributed by atoms with Gasteiger partial charge in [0.05, 0.1) is 23.6 Å². The molecule has 0 spiro atoms. The first-order valence-corrected chi connectivity index (χ1v) is 6.85. The maximum atomic E-state index is 11.9. The first kappa shape index (κ1) is 17.0. The highest BCUT2D eigenvalue weighted by Gasteiger charge is 2.15. The average Bonchev–Trinajstić information content (AvgIpc) is 2.45. The van der Waals surface area contributed by atoms with Gasteiger partial charge in [-0.2, -0.15) is 0 Å². The average molecular weight is 313 g/mol. The predicted molar refractivity (Wildman–Crippen MR) is 78.3 cm³/mol. The van der Waals surface area contributed by atoms with Crippen molar-refractivity contribution >= 4 is 29.4 Å². The smallest absolute Gasteiger partial charge is 0.305 e. The Morgan fingerprint density at radius 3 is 2.52 bits per heavy atom. The van der Waals surface area contributed by atoms with E-state index in [0.717, 1.165) is 0 Å². The van der Waals surface area contributed by atoms with Crippen molar-refractivity contribution in [3.8, 4) is 0 Å². The molecular formula is C14H17ClN2O4. The standard InChI is InChI=1S/C14H17ClN2O4/c1-2-17(8-7-13(19)20)12(18)9-16-14(21)10-5-3-4-6-11(10)15/h3-6H,2,7-9H2,1H3,(H,16,21)(H,19,20). The van der Waals surface area contributed by atoms with E-state index in [-0.39, 0.29) is 25.4 Å². The maximum Gasteiger partial charge on any atom is 0.305 e. The normalized spacial score (nSPS) is 10.0. The van der Waals surface area contributed by atoms with Crippen LogP contribution in [0.15, 0.2) is 24.3 Å². The molecule has 1 aromatic carbocycles. The Kier molecular flexibility index (Phi) is 6.68. The first-order valence-electron chi connectivity index (χ1n) is 6.48. The summed E-state index contributed by atoms with van der Waals surface area (Å²) in [5.74, 6) is -1.75. The van der Waals surface area contributed by atoms with Crippen LogP contribution in [-0.2, 0) is 9.59 Å². The van der Waals surface area contributed by atoms with Crippen LogP contribution in [0.5, 0.6) is 0 Å². The maximum absolute atomic E-state index is 11.9. The molecule has 0 aliphatic rings. The summed E-state index contributed by atoms with van der Waals surface area (Å²) in [4.78, 5) is 35.7. The SMILES string of the molecule is CCN(CCC(=O)O)C(=O)CNC(=O)c1ccccc1Cl. The largest absolute Gasteiger partial charge is 0.481 e. The zero-order valence-corrected chi connectivity index (χ0v) is 12.4. The van der Waals surface area contributed by atoms with Gasteiger partial charge in [-0.15, -0.1) is 0 Å². The molecule has 2 N–H and O–H groups in total. The Labute approximate surface area is 127 Å². The third-order valence-electron chi connectivity index (χ3n) is 2.85. The first-order chi connectivity index (χ1) is 9.95. The molecule has 0 heterocycles. The molecule has 7 heteroatoms. The molecule has 0 saturated carbocycles. The summed E-state index contributed by atoms with van der Waals surface area (Å²) < 4.78 is 0. The molecule has 0 atom stereocenters. The summed E-state index contributed by atoms with van der Waals surface area (Å²) >= 11 is 5.89. The summed E-state index contributed by atoms with van der Waals surface area (Å²) in [5, 5.41) is 11.4. The number of hydrogen-bond donors (Lipinski definition) is 2. The minimum Gasteiger partial charge on any atom is -0.481 e. The lowest BCUT2D eigenvalue weighted by Crippen LogP contribution is -2.41. The minimum absolute atomic E-state index is 0.118. The highest BCUT2D eigenvalue weighted by atomic mass is 35.5. The van der Waals surface area contributed by atoms with Crippen LogP contribution < -0.4 is 5.32 Å². The second kappa shape index (κ2) is 8.26. The Morgan fingerprint density at radius 1 is 1.29 bits per heavy atom. The molecule has 114 valence electrons. The highest BCUT2D eigenvalue weighted by molar-refractivity contribution is 6.33. The third kappa shape index (κ3) is 5.43. The number of carboxylic acid groups (broad SMARTS) is 1. The van der Waals surface area contributed by atoms with Crippen LogP contribution in [0.3, 0.4) is 0 Å². The zero-order chi connectivity index (χ0) is 15.8. The van der Waals surface area contributed by atoms with E-state index >= 15 is 0 Å². The fourth-order valence-electron chi connectivity index (χ4n) is 1.70. The van der Waals surface area contributed by atoms with E-state index in [4.69, 9.17) is 16.7 Å². The number of nitrogens with zero attached hydrogens (tertiary/aromatic N) is 1. The number of aliphatic carboxylic acids is 1. The van der Waals surface area contributed by atoms with E-state index in [1.54, 1.807) is 31.2 Å². The zero-order valence-electron chi connectivity index (χ0n) is 11.6. The van der Waals surface area contributed by atoms with Crippen LogP contribution in [-0.4, -0.2) is 47.4 Å². The lowest BCUT2D eigenvalue weighted by Gasteiger charge is -2.20. The molecule has 2 amide bonds. The van der Waals surface area contributed by atoms with Gasteiger partial charge in [0.2, 0.25) is 5.91 Å². The highest BCUT2D eigenvalue weighted by Crippen LogP contribution is 2.14. The molecule has 21 heavy (non-hydrogen) atoms. The molecule has 1 rings (SSSR count). The quantitative estimate of drug-likeness (QED) is 0.796. The molecule has 0 aromatic heterocycles. The number of benzene rings is 1. The topological polar surface area (TPSA) is 86.7 Å². The molecule has 0 saturated heterocycles. The Morgan fingerprint density at radius 2 is 1.95 bits per heavy atom. The van der Waals surface area contributed by atoms with Crippen molar-refractivity contribution in [3.63, 3.8) is 0 Å². The Hall–Kier alpha value is -2.08. The summed E-state index contributed by atoms with van der Waals surface area (Å²) in [6, 6.07) is 6.52. The number of amides is 2. The molecule has 0 unspecified atom stereocenters. The van der Waals surface area contributed by atoms with Crippen molar-refractivity contribution in [1.29, 1.82) is 0 Å². The second-order valence-corrected chi connectivity index (χ2v) is 4.69. The molecule has 0 aliphatic carbocycles. The molecule has 0 aliphatic heterocycles. The van der Waals surface area contributed by atoms with Crippen molar-refractivity contribution in [3.05, 3.63) is 34.9 Å². The van der Waals surface area contributed by atoms with Gasteiger partial charge in [-0.25, -0.2) is 0 Å². The molecule has 6 nitrogen and oxygen atoms in total. The van der Waals surface area contributed by atoms with Crippen LogP contribution in [0.4, 0.5) is 0 Å². The molecule has 0 bridgehead atoms. The fraction of sp³-hybridized carbons (Fsp3) is 0.357. The van der Waals surface area contributed by atoms with E-state index in [9.17, 15) is 14.4 Å². The number of carbonyl (C=O) groups is 3. The number of nitrogens with one attached hydrogen (secondary N) is 1. The fourth-order valence-corrected chi connectivity index (χ4v) is 1.92. The summed E-state index contributed by atoms with van der Waals surface area (Å²) in [7, 11) is 0. The van der Waals surface area contributed by atoms with Crippen LogP contribution in [0, 0.1) is 0 Å². The van der Waals surface area contributed by atoms with Crippen molar-refractivity contribution in [1.82, 2.24) is 10.2 Å². The van der Waals surface area contributed by atoms with Crippen molar-refractivity contribution < 1.29 is 19.5 Å². The second-order valence-electron chi connectivity index (χ2n) is 4.28. The molecule has 0 fully saturated rings. The number of carboxylic acids is 1. The summed E-state index contributed by atoms with van der Waals surface area (Å²) in [6.07, 6.45) is -0.127. The minimum atomic E-state index is -0.971. The van der Waals surface area contributed by atoms with Gasteiger partial charge in [-0.3, -0.25) is 14.4 Å². The number of rotatable bonds is 7. The molecule has 0 radical (unpaired) electrons. The number of halogens is 1. The van der Waals surface area contributed by atoms with Gasteiger partial charge in [0.15, 0.2) is 0 Å². The summed E-state index contributed by atoms with van der Waals surface area (Å²) in [5.41, 5.74) is 0.292. The third-order valence-corrected chi connectivity index (χ3v) is 3.18. The number of hydrogen-bond acceptors (Lipinski definition) is 3. The lowest BCUT2D eigenvalue weighted by atomic mass is 10.2. The Bertz CT molecular complexity index is 533. The lowest BCUT2D eigenvalue weighted by molar-refractivity contribution is -0.138. The predicted octanol–water partition coefficient (Wildman–Crippen LogP) is 1.39. The van der Waals surface area contributed by atoms with Gasteiger partial charge in [0.1, 0.15) is 0 Å². The van der Waals surface area contributed by atoms with Gasteiger partial charge >= 0.3 is 5.97 Å². The van der Waals surface area contributed by atoms with Crippen LogP contribution >= 0.6 is 11.6 Å². The van der Waals surface area contributed by atoms with Crippen LogP contribution in [0.25, 0.3) is 0 Å². The van der Waals surface area contributed by atoms with E-state index in [0.29, 0.717) is 17.1 Å². The van der Waals surface area contributed by atoms with E-state index < -0.39 is 11.9 Å². The van der Waals surface area contributed by atoms with E-state index in [1.165, 1.54) is 4.90 Å². The van der Waals surface area contributed by atoms with Crippen molar-refractivity contribution in [2.24, 2.45) is 0 Å². The van der Waals surface area contributed by atoms with Crippen LogP contribution in [0.1, 0.15) is 23.7 Å². The van der Waals surface area contributed by atoms with Gasteiger partial charge < -0.3 is 15.3 Å². The van der Waals surface area contributed by atoms with Gasteiger partial charge in [0.25, 0.3) is 5.91 Å². The van der Waals surface area contributed by atoms with Gasteiger partial charge in [0, 0.05) is 13.1 Å². The van der Waals surface area contributed by atoms with Crippen molar-refractivity contribution in [2.75, 3.05) is 19.6 Å². The monoisotopic (exact) mass is 312 g/mol. The van der Waals surface area contributed by atoms with Gasteiger partial charge in [-0.1, -0.05) is 23.7 Å². The number of likely N-dealkylation sites (N-methyl/N-ethyl adjacent to an activating group) is 1. The number of carbonyl (C=O) groups excluding carboxylic acids is 2. The van der Waals surface area contributed by atoms with E-state index in [1.807, 2.05) is 0 Å².